The number of rotatable bonds is 3. The number of fused-ring (bicyclic) bond motifs is 1. The maximum absolute atomic E-state index is 13.7. The Balaban J connectivity index is 1.97. The molecule has 0 aliphatic heterocycles. The van der Waals surface area contributed by atoms with E-state index in [0.717, 1.165) is 16.2 Å². The zero-order valence-corrected chi connectivity index (χ0v) is 11.4. The van der Waals surface area contributed by atoms with Crippen molar-refractivity contribution in [3.05, 3.63) is 47.3 Å². The average Bonchev–Trinajstić information content (AvgIpc) is 2.89. The van der Waals surface area contributed by atoms with Gasteiger partial charge in [-0.2, -0.15) is 0 Å². The predicted molar refractivity (Wildman–Crippen MR) is 78.8 cm³/mol. The second-order valence-electron chi connectivity index (χ2n) is 4.20. The lowest BCUT2D eigenvalue weighted by molar-refractivity contribution is 0.580. The normalized spacial score (nSPS) is 10.8. The van der Waals surface area contributed by atoms with E-state index in [1.54, 1.807) is 11.3 Å². The Kier molecular flexibility index (Phi) is 3.23. The van der Waals surface area contributed by atoms with Crippen molar-refractivity contribution < 1.29 is 8.78 Å². The van der Waals surface area contributed by atoms with Crippen LogP contribution in [0.5, 0.6) is 0 Å². The molecular weight excluding hydrogens is 280 g/mol. The van der Waals surface area contributed by atoms with Gasteiger partial charge in [0, 0.05) is 23.5 Å². The molecule has 3 nitrogen and oxygen atoms in total. The molecule has 1 aromatic carbocycles. The van der Waals surface area contributed by atoms with Crippen LogP contribution in [0.1, 0.15) is 0 Å². The number of thiophene rings is 1. The molecule has 0 spiro atoms. The summed E-state index contributed by atoms with van der Waals surface area (Å²) in [5.74, 6) is -1.45. The molecule has 3 aromatic rings. The summed E-state index contributed by atoms with van der Waals surface area (Å²) in [5, 5.41) is 8.51. The molecule has 0 aliphatic carbocycles. The minimum Gasteiger partial charge on any atom is -0.371 e. The third-order valence-corrected chi connectivity index (χ3v) is 3.78. The van der Waals surface area contributed by atoms with E-state index < -0.39 is 11.6 Å². The average molecular weight is 291 g/mol. The monoisotopic (exact) mass is 291 g/mol. The third kappa shape index (κ3) is 2.30. The van der Waals surface area contributed by atoms with E-state index in [4.69, 9.17) is 0 Å². The molecule has 3 rings (SSSR count). The lowest BCUT2D eigenvalue weighted by atomic mass is 10.2. The molecule has 2 N–H and O–H groups in total. The van der Waals surface area contributed by atoms with Crippen molar-refractivity contribution >= 4 is 38.7 Å². The molecule has 0 amide bonds. The number of nitrogens with one attached hydrogen (secondary N) is 2. The van der Waals surface area contributed by atoms with Crippen LogP contribution in [-0.4, -0.2) is 12.0 Å². The Labute approximate surface area is 118 Å². The fraction of sp³-hybridized carbons (Fsp3) is 0.0714. The lowest BCUT2D eigenvalue weighted by Crippen LogP contribution is -2.03. The summed E-state index contributed by atoms with van der Waals surface area (Å²) in [5.41, 5.74) is 0.705. The fourth-order valence-corrected chi connectivity index (χ4v) is 2.68. The van der Waals surface area contributed by atoms with Crippen molar-refractivity contribution in [1.29, 1.82) is 0 Å². The van der Waals surface area contributed by atoms with Crippen LogP contribution in [0, 0.1) is 11.6 Å². The Morgan fingerprint density at radius 3 is 2.65 bits per heavy atom. The van der Waals surface area contributed by atoms with Crippen molar-refractivity contribution in [2.45, 2.75) is 0 Å². The van der Waals surface area contributed by atoms with E-state index in [1.807, 2.05) is 29.6 Å². The van der Waals surface area contributed by atoms with Crippen molar-refractivity contribution in [1.82, 2.24) is 4.98 Å². The molecular formula is C14H11F2N3S. The van der Waals surface area contributed by atoms with Crippen LogP contribution >= 0.6 is 11.3 Å². The molecule has 2 aromatic heterocycles. The van der Waals surface area contributed by atoms with Crippen LogP contribution in [0.4, 0.5) is 26.1 Å². The number of hydrogen-bond donors (Lipinski definition) is 2. The molecule has 0 atom stereocenters. The molecule has 0 aliphatic rings. The number of benzene rings is 1. The highest BCUT2D eigenvalue weighted by atomic mass is 32.1. The highest BCUT2D eigenvalue weighted by molar-refractivity contribution is 7.17. The Morgan fingerprint density at radius 1 is 1.05 bits per heavy atom. The first-order valence-electron chi connectivity index (χ1n) is 5.95. The summed E-state index contributed by atoms with van der Waals surface area (Å²) in [6.07, 6.45) is 0. The number of pyridine rings is 1. The summed E-state index contributed by atoms with van der Waals surface area (Å²) >= 11 is 1.64. The van der Waals surface area contributed by atoms with Gasteiger partial charge in [0.15, 0.2) is 23.3 Å². The summed E-state index contributed by atoms with van der Waals surface area (Å²) in [7, 11) is 1.53. The van der Waals surface area contributed by atoms with E-state index in [9.17, 15) is 8.78 Å². The number of anilines is 3. The maximum Gasteiger partial charge on any atom is 0.169 e. The predicted octanol–water partition coefficient (Wildman–Crippen LogP) is 4.36. The van der Waals surface area contributed by atoms with Crippen molar-refractivity contribution in [3.63, 3.8) is 0 Å². The fourth-order valence-electron chi connectivity index (χ4n) is 1.91. The maximum atomic E-state index is 13.7. The highest BCUT2D eigenvalue weighted by Gasteiger charge is 2.11. The van der Waals surface area contributed by atoms with E-state index >= 15 is 0 Å². The van der Waals surface area contributed by atoms with Crippen molar-refractivity contribution in [2.24, 2.45) is 0 Å². The SMILES string of the molecule is CNc1nc(Nc2ccc3sccc3c2)c(F)cc1F. The Morgan fingerprint density at radius 2 is 1.85 bits per heavy atom. The van der Waals surface area contributed by atoms with Gasteiger partial charge in [0.25, 0.3) is 0 Å². The van der Waals surface area contributed by atoms with Crippen LogP contribution in [-0.2, 0) is 0 Å². The molecule has 0 unspecified atom stereocenters. The molecule has 20 heavy (non-hydrogen) atoms. The lowest BCUT2D eigenvalue weighted by Gasteiger charge is -2.09. The van der Waals surface area contributed by atoms with Gasteiger partial charge in [-0.3, -0.25) is 0 Å². The smallest absolute Gasteiger partial charge is 0.169 e. The minimum atomic E-state index is -0.730. The van der Waals surface area contributed by atoms with Gasteiger partial charge in [0.05, 0.1) is 0 Å². The van der Waals surface area contributed by atoms with E-state index in [0.29, 0.717) is 5.69 Å². The summed E-state index contributed by atoms with van der Waals surface area (Å²) in [6.45, 7) is 0. The molecule has 6 heteroatoms. The van der Waals surface area contributed by atoms with Gasteiger partial charge in [0.1, 0.15) is 0 Å². The highest BCUT2D eigenvalue weighted by Crippen LogP contribution is 2.27. The Hall–Kier alpha value is -2.21. The van der Waals surface area contributed by atoms with Crippen LogP contribution in [0.25, 0.3) is 10.1 Å². The number of nitrogens with zero attached hydrogens (tertiary/aromatic N) is 1. The van der Waals surface area contributed by atoms with E-state index in [-0.39, 0.29) is 11.6 Å². The van der Waals surface area contributed by atoms with E-state index in [2.05, 4.69) is 15.6 Å². The van der Waals surface area contributed by atoms with Crippen molar-refractivity contribution in [2.75, 3.05) is 17.7 Å². The molecule has 0 saturated carbocycles. The first-order chi connectivity index (χ1) is 9.67. The van der Waals surface area contributed by atoms with Crippen LogP contribution in [0.3, 0.4) is 0 Å². The van der Waals surface area contributed by atoms with Gasteiger partial charge in [-0.15, -0.1) is 11.3 Å². The zero-order chi connectivity index (χ0) is 14.1. The first-order valence-corrected chi connectivity index (χ1v) is 6.83. The number of halogens is 2. The molecule has 102 valence electrons. The van der Waals surface area contributed by atoms with E-state index in [1.165, 1.54) is 7.05 Å². The molecule has 0 fully saturated rings. The molecule has 0 bridgehead atoms. The van der Waals surface area contributed by atoms with Gasteiger partial charge in [-0.05, 0) is 35.0 Å². The quantitative estimate of drug-likeness (QED) is 0.753. The molecule has 2 heterocycles. The molecule has 0 radical (unpaired) electrons. The summed E-state index contributed by atoms with van der Waals surface area (Å²) in [6, 6.07) is 8.48. The topological polar surface area (TPSA) is 37.0 Å². The summed E-state index contributed by atoms with van der Waals surface area (Å²) < 4.78 is 28.2. The molecule has 0 saturated heterocycles. The largest absolute Gasteiger partial charge is 0.371 e. The third-order valence-electron chi connectivity index (χ3n) is 2.88. The number of hydrogen-bond acceptors (Lipinski definition) is 4. The second-order valence-corrected chi connectivity index (χ2v) is 5.15. The van der Waals surface area contributed by atoms with Gasteiger partial charge in [-0.25, -0.2) is 13.8 Å². The van der Waals surface area contributed by atoms with Crippen LogP contribution < -0.4 is 10.6 Å². The summed E-state index contributed by atoms with van der Waals surface area (Å²) in [4.78, 5) is 3.88. The minimum absolute atomic E-state index is 0.00510. The van der Waals surface area contributed by atoms with Crippen molar-refractivity contribution in [3.8, 4) is 0 Å². The first kappa shape index (κ1) is 12.8. The second kappa shape index (κ2) is 5.05. The van der Waals surface area contributed by atoms with Gasteiger partial charge < -0.3 is 10.6 Å². The number of aromatic nitrogens is 1. The van der Waals surface area contributed by atoms with Crippen LogP contribution in [0.15, 0.2) is 35.7 Å². The van der Waals surface area contributed by atoms with Crippen LogP contribution in [0.2, 0.25) is 0 Å². The Bertz CT molecular complexity index is 770. The van der Waals surface area contributed by atoms with Gasteiger partial charge in [-0.1, -0.05) is 0 Å². The van der Waals surface area contributed by atoms with Gasteiger partial charge >= 0.3 is 0 Å². The zero-order valence-electron chi connectivity index (χ0n) is 10.6. The van der Waals surface area contributed by atoms with Gasteiger partial charge in [0.2, 0.25) is 0 Å². The standard InChI is InChI=1S/C14H11F2N3S/c1-17-13-10(15)7-11(16)14(19-13)18-9-2-3-12-8(6-9)4-5-20-12/h2-7H,1H3,(H2,17,18,19).